The molecule has 2 aromatic rings. The summed E-state index contributed by atoms with van der Waals surface area (Å²) in [4.78, 5) is 0.259. The fourth-order valence-corrected chi connectivity index (χ4v) is 2.82. The predicted octanol–water partition coefficient (Wildman–Crippen LogP) is 2.09. The average Bonchev–Trinajstić information content (AvgIpc) is 2.39. The molecule has 0 aliphatic rings. The van der Waals surface area contributed by atoms with Gasteiger partial charge in [0, 0.05) is 12.7 Å². The predicted molar refractivity (Wildman–Crippen MR) is 72.9 cm³/mol. The molecule has 4 nitrogen and oxygen atoms in total. The maximum absolute atomic E-state index is 12.3. The van der Waals surface area contributed by atoms with Crippen molar-refractivity contribution < 1.29 is 8.42 Å². The van der Waals surface area contributed by atoms with Gasteiger partial charge in [-0.1, -0.05) is 24.3 Å². The maximum Gasteiger partial charge on any atom is 0.264 e. The molecule has 0 saturated carbocycles. The number of benzene rings is 2. The lowest BCUT2D eigenvalue weighted by atomic mass is 10.3. The molecule has 2 N–H and O–H groups in total. The number of hydrogen-bond donors (Lipinski definition) is 1. The lowest BCUT2D eigenvalue weighted by Gasteiger charge is -2.19. The van der Waals surface area contributed by atoms with E-state index in [2.05, 4.69) is 0 Å². The van der Waals surface area contributed by atoms with Crippen LogP contribution in [0.4, 0.5) is 11.4 Å². The highest BCUT2D eigenvalue weighted by atomic mass is 32.2. The fourth-order valence-electron chi connectivity index (χ4n) is 1.61. The summed E-state index contributed by atoms with van der Waals surface area (Å²) in [5, 5.41) is 0. The number of hydrogen-bond acceptors (Lipinski definition) is 3. The van der Waals surface area contributed by atoms with E-state index in [1.807, 2.05) is 0 Å². The molecule has 0 radical (unpaired) electrons. The van der Waals surface area contributed by atoms with Gasteiger partial charge in [0.05, 0.1) is 10.6 Å². The number of sulfonamides is 1. The average molecular weight is 262 g/mol. The first-order valence-corrected chi connectivity index (χ1v) is 6.85. The summed E-state index contributed by atoms with van der Waals surface area (Å²) < 4.78 is 25.9. The SMILES string of the molecule is CN(c1cccc(N)c1)S(=O)(=O)c1ccccc1. The van der Waals surface area contributed by atoms with Gasteiger partial charge in [-0.15, -0.1) is 0 Å². The van der Waals surface area contributed by atoms with Crippen LogP contribution in [0.5, 0.6) is 0 Å². The molecule has 0 saturated heterocycles. The quantitative estimate of drug-likeness (QED) is 0.861. The van der Waals surface area contributed by atoms with Gasteiger partial charge in [-0.3, -0.25) is 4.31 Å². The second kappa shape index (κ2) is 4.70. The molecule has 0 spiro atoms. The molecule has 0 aliphatic heterocycles. The Kier molecular flexibility index (Phi) is 3.25. The Bertz CT molecular complexity index is 639. The van der Waals surface area contributed by atoms with Crippen molar-refractivity contribution in [2.24, 2.45) is 0 Å². The number of nitrogen functional groups attached to an aromatic ring is 1. The minimum Gasteiger partial charge on any atom is -0.399 e. The van der Waals surface area contributed by atoms with Crippen molar-refractivity contribution in [2.75, 3.05) is 17.1 Å². The first-order chi connectivity index (χ1) is 8.51. The van der Waals surface area contributed by atoms with Crippen LogP contribution < -0.4 is 10.0 Å². The lowest BCUT2D eigenvalue weighted by molar-refractivity contribution is 0.594. The second-order valence-corrected chi connectivity index (χ2v) is 5.85. The zero-order chi connectivity index (χ0) is 13.2. The minimum atomic E-state index is -3.53. The van der Waals surface area contributed by atoms with E-state index in [0.29, 0.717) is 11.4 Å². The zero-order valence-corrected chi connectivity index (χ0v) is 10.8. The molecule has 2 rings (SSSR count). The molecule has 5 heteroatoms. The molecule has 94 valence electrons. The first-order valence-electron chi connectivity index (χ1n) is 5.41. The Morgan fingerprint density at radius 2 is 1.67 bits per heavy atom. The van der Waals surface area contributed by atoms with Gasteiger partial charge in [-0.05, 0) is 30.3 Å². The Morgan fingerprint density at radius 1 is 1.00 bits per heavy atom. The summed E-state index contributed by atoms with van der Waals surface area (Å²) in [6.07, 6.45) is 0. The largest absolute Gasteiger partial charge is 0.399 e. The topological polar surface area (TPSA) is 63.4 Å². The van der Waals surface area contributed by atoms with Crippen molar-refractivity contribution in [3.05, 3.63) is 54.6 Å². The number of nitrogens with two attached hydrogens (primary N) is 1. The van der Waals surface area contributed by atoms with Gasteiger partial charge in [-0.2, -0.15) is 0 Å². The van der Waals surface area contributed by atoms with Crippen LogP contribution in [-0.4, -0.2) is 15.5 Å². The second-order valence-electron chi connectivity index (χ2n) is 3.88. The molecule has 18 heavy (non-hydrogen) atoms. The summed E-state index contributed by atoms with van der Waals surface area (Å²) in [6.45, 7) is 0. The molecule has 0 unspecified atom stereocenters. The van der Waals surface area contributed by atoms with Gasteiger partial charge in [-0.25, -0.2) is 8.42 Å². The molecule has 0 fully saturated rings. The highest BCUT2D eigenvalue weighted by molar-refractivity contribution is 7.92. The monoisotopic (exact) mass is 262 g/mol. The Labute approximate surface area is 107 Å². The van der Waals surface area contributed by atoms with Crippen molar-refractivity contribution in [1.29, 1.82) is 0 Å². The van der Waals surface area contributed by atoms with Gasteiger partial charge in [0.1, 0.15) is 0 Å². The third-order valence-electron chi connectivity index (χ3n) is 2.64. The third kappa shape index (κ3) is 2.31. The standard InChI is InChI=1S/C13H14N2O2S/c1-15(12-7-5-6-11(14)10-12)18(16,17)13-8-3-2-4-9-13/h2-10H,14H2,1H3. The maximum atomic E-state index is 12.3. The van der Waals surface area contributed by atoms with Crippen LogP contribution in [0.3, 0.4) is 0 Å². The van der Waals surface area contributed by atoms with E-state index >= 15 is 0 Å². The van der Waals surface area contributed by atoms with Crippen molar-refractivity contribution in [1.82, 2.24) is 0 Å². The van der Waals surface area contributed by atoms with Crippen molar-refractivity contribution >= 4 is 21.4 Å². The highest BCUT2D eigenvalue weighted by Crippen LogP contribution is 2.23. The molecule has 0 amide bonds. The number of rotatable bonds is 3. The van der Waals surface area contributed by atoms with Crippen LogP contribution in [0, 0.1) is 0 Å². The van der Waals surface area contributed by atoms with E-state index in [4.69, 9.17) is 5.73 Å². The number of anilines is 2. The molecule has 0 aromatic heterocycles. The number of nitrogens with zero attached hydrogens (tertiary/aromatic N) is 1. The lowest BCUT2D eigenvalue weighted by Crippen LogP contribution is -2.26. The molecule has 0 aliphatic carbocycles. The fraction of sp³-hybridized carbons (Fsp3) is 0.0769. The molecular formula is C13H14N2O2S. The molecule has 0 heterocycles. The summed E-state index contributed by atoms with van der Waals surface area (Å²) in [6, 6.07) is 15.1. The van der Waals surface area contributed by atoms with Crippen LogP contribution >= 0.6 is 0 Å². The molecule has 0 atom stereocenters. The van der Waals surface area contributed by atoms with Gasteiger partial charge in [0.2, 0.25) is 0 Å². The van der Waals surface area contributed by atoms with Gasteiger partial charge in [0.15, 0.2) is 0 Å². The summed E-state index contributed by atoms with van der Waals surface area (Å²) >= 11 is 0. The first kappa shape index (κ1) is 12.4. The van der Waals surface area contributed by atoms with Crippen LogP contribution in [-0.2, 0) is 10.0 Å². The Balaban J connectivity index is 2.43. The Hall–Kier alpha value is -2.01. The van der Waals surface area contributed by atoms with Crippen molar-refractivity contribution in [3.63, 3.8) is 0 Å². The van der Waals surface area contributed by atoms with Crippen LogP contribution in [0.1, 0.15) is 0 Å². The molecular weight excluding hydrogens is 248 g/mol. The molecule has 0 bridgehead atoms. The van der Waals surface area contributed by atoms with Gasteiger partial charge < -0.3 is 5.73 Å². The third-order valence-corrected chi connectivity index (χ3v) is 4.44. The van der Waals surface area contributed by atoms with Crippen LogP contribution in [0.2, 0.25) is 0 Å². The summed E-state index contributed by atoms with van der Waals surface area (Å²) in [5.74, 6) is 0. The summed E-state index contributed by atoms with van der Waals surface area (Å²) in [5.41, 5.74) is 6.73. The Morgan fingerprint density at radius 3 is 2.28 bits per heavy atom. The highest BCUT2D eigenvalue weighted by Gasteiger charge is 2.20. The van der Waals surface area contributed by atoms with Crippen molar-refractivity contribution in [2.45, 2.75) is 4.90 Å². The van der Waals surface area contributed by atoms with Crippen LogP contribution in [0.15, 0.2) is 59.5 Å². The van der Waals surface area contributed by atoms with Gasteiger partial charge >= 0.3 is 0 Å². The van der Waals surface area contributed by atoms with Crippen molar-refractivity contribution in [3.8, 4) is 0 Å². The van der Waals surface area contributed by atoms with Gasteiger partial charge in [0.25, 0.3) is 10.0 Å². The summed E-state index contributed by atoms with van der Waals surface area (Å²) in [7, 11) is -2.02. The van der Waals surface area contributed by atoms with E-state index in [-0.39, 0.29) is 4.90 Å². The van der Waals surface area contributed by atoms with E-state index < -0.39 is 10.0 Å². The minimum absolute atomic E-state index is 0.259. The smallest absolute Gasteiger partial charge is 0.264 e. The van der Waals surface area contributed by atoms with Crippen LogP contribution in [0.25, 0.3) is 0 Å². The van der Waals surface area contributed by atoms with E-state index in [0.717, 1.165) is 0 Å². The van der Waals surface area contributed by atoms with E-state index in [9.17, 15) is 8.42 Å². The zero-order valence-electron chi connectivity index (χ0n) is 9.95. The van der Waals surface area contributed by atoms with E-state index in [1.165, 1.54) is 11.4 Å². The normalized spacial score (nSPS) is 11.2. The van der Waals surface area contributed by atoms with E-state index in [1.54, 1.807) is 54.6 Å². The molecule has 2 aromatic carbocycles.